The zero-order valence-corrected chi connectivity index (χ0v) is 15.3. The van der Waals surface area contributed by atoms with E-state index in [1.807, 2.05) is 24.3 Å². The van der Waals surface area contributed by atoms with Gasteiger partial charge >= 0.3 is 0 Å². The Morgan fingerprint density at radius 1 is 1.12 bits per heavy atom. The maximum Gasteiger partial charge on any atom is 0.215 e. The molecule has 0 fully saturated rings. The van der Waals surface area contributed by atoms with Crippen molar-refractivity contribution >= 4 is 21.6 Å². The zero-order valence-electron chi connectivity index (χ0n) is 13.7. The van der Waals surface area contributed by atoms with Gasteiger partial charge in [0.05, 0.1) is 5.75 Å². The van der Waals surface area contributed by atoms with E-state index in [0.29, 0.717) is 16.6 Å². The molecule has 3 N–H and O–H groups in total. The molecular weight excluding hydrogens is 346 g/mol. The van der Waals surface area contributed by atoms with Gasteiger partial charge in [-0.05, 0) is 28.7 Å². The molecule has 5 nitrogen and oxygen atoms in total. The second-order valence-corrected chi connectivity index (χ2v) is 8.22. The molecule has 0 spiro atoms. The van der Waals surface area contributed by atoms with Crippen molar-refractivity contribution in [3.8, 4) is 0 Å². The molecule has 1 atom stereocenters. The van der Waals surface area contributed by atoms with Crippen molar-refractivity contribution in [2.45, 2.75) is 31.6 Å². The average molecular weight is 368 g/mol. The number of pyridine rings is 1. The molecule has 0 unspecified atom stereocenters. The summed E-state index contributed by atoms with van der Waals surface area (Å²) in [6.07, 6.45) is 1.45. The third-order valence-corrected chi connectivity index (χ3v) is 5.24. The number of hydrogen-bond donors (Lipinski definition) is 2. The van der Waals surface area contributed by atoms with Crippen LogP contribution in [0.25, 0.3) is 0 Å². The molecule has 2 aromatic rings. The Hall–Kier alpha value is -1.47. The topological polar surface area (TPSA) is 85.1 Å². The molecule has 0 saturated carbocycles. The maximum absolute atomic E-state index is 12.1. The third-order valence-electron chi connectivity index (χ3n) is 3.70. The van der Waals surface area contributed by atoms with Crippen LogP contribution in [-0.4, -0.2) is 19.9 Å². The van der Waals surface area contributed by atoms with Crippen LogP contribution in [0.5, 0.6) is 0 Å². The predicted molar refractivity (Wildman–Crippen MR) is 97.3 cm³/mol. The first-order valence-corrected chi connectivity index (χ1v) is 9.73. The number of sulfonamides is 1. The lowest BCUT2D eigenvalue weighted by Crippen LogP contribution is -2.32. The molecule has 1 heterocycles. The Bertz CT molecular complexity index is 759. The van der Waals surface area contributed by atoms with Crippen LogP contribution in [0.3, 0.4) is 0 Å². The monoisotopic (exact) mass is 367 g/mol. The molecule has 1 aromatic carbocycles. The number of nitrogens with two attached hydrogens (primary N) is 1. The lowest BCUT2D eigenvalue weighted by Gasteiger charge is -2.15. The molecular formula is C17H22ClN3O2S. The van der Waals surface area contributed by atoms with Crippen molar-refractivity contribution < 1.29 is 8.42 Å². The van der Waals surface area contributed by atoms with E-state index in [2.05, 4.69) is 23.6 Å². The van der Waals surface area contributed by atoms with Crippen LogP contribution in [0.1, 0.15) is 42.5 Å². The minimum atomic E-state index is -3.49. The van der Waals surface area contributed by atoms with Gasteiger partial charge in [0.15, 0.2) is 0 Å². The van der Waals surface area contributed by atoms with E-state index in [9.17, 15) is 8.42 Å². The van der Waals surface area contributed by atoms with E-state index in [1.54, 1.807) is 12.1 Å². The van der Waals surface area contributed by atoms with Gasteiger partial charge in [-0.25, -0.2) is 18.1 Å². The number of benzene rings is 1. The van der Waals surface area contributed by atoms with Crippen LogP contribution in [0.15, 0.2) is 42.6 Å². The summed E-state index contributed by atoms with van der Waals surface area (Å²) in [5.74, 6) is 0.290. The molecule has 0 amide bonds. The minimum Gasteiger partial charge on any atom is -0.323 e. The predicted octanol–water partition coefficient (Wildman–Crippen LogP) is 2.98. The Morgan fingerprint density at radius 2 is 1.75 bits per heavy atom. The largest absolute Gasteiger partial charge is 0.323 e. The molecule has 2 rings (SSSR count). The molecule has 7 heteroatoms. The number of nitrogens with zero attached hydrogens (tertiary/aromatic N) is 1. The Morgan fingerprint density at radius 3 is 2.29 bits per heavy atom. The number of nitrogens with one attached hydrogen (secondary N) is 1. The van der Waals surface area contributed by atoms with E-state index in [-0.39, 0.29) is 12.3 Å². The quantitative estimate of drug-likeness (QED) is 0.737. The summed E-state index contributed by atoms with van der Waals surface area (Å²) in [4.78, 5) is 3.88. The van der Waals surface area contributed by atoms with Gasteiger partial charge in [-0.1, -0.05) is 55.8 Å². The maximum atomic E-state index is 12.1. The van der Waals surface area contributed by atoms with Crippen LogP contribution in [-0.2, 0) is 15.8 Å². The average Bonchev–Trinajstić information content (AvgIpc) is 2.55. The molecule has 1 aromatic heterocycles. The van der Waals surface area contributed by atoms with E-state index < -0.39 is 16.1 Å². The van der Waals surface area contributed by atoms with Crippen LogP contribution >= 0.6 is 11.6 Å². The fourth-order valence-corrected chi connectivity index (χ4v) is 3.48. The molecule has 130 valence electrons. The number of aromatic nitrogens is 1. The SMILES string of the molecule is CC(C)c1ccc([C@@H](N)CNS(=O)(=O)Cc2ccc(Cl)nc2)cc1. The second kappa shape index (κ2) is 8.07. The van der Waals surface area contributed by atoms with E-state index in [1.165, 1.54) is 11.8 Å². The van der Waals surface area contributed by atoms with Crippen molar-refractivity contribution in [1.82, 2.24) is 9.71 Å². The summed E-state index contributed by atoms with van der Waals surface area (Å²) in [6.45, 7) is 4.38. The van der Waals surface area contributed by atoms with Crippen molar-refractivity contribution in [2.75, 3.05) is 6.54 Å². The number of hydrogen-bond acceptors (Lipinski definition) is 4. The van der Waals surface area contributed by atoms with E-state index in [4.69, 9.17) is 17.3 Å². The van der Waals surface area contributed by atoms with E-state index >= 15 is 0 Å². The summed E-state index contributed by atoms with van der Waals surface area (Å²) in [5, 5.41) is 0.330. The van der Waals surface area contributed by atoms with E-state index in [0.717, 1.165) is 5.56 Å². The second-order valence-electron chi connectivity index (χ2n) is 6.02. The molecule has 0 bridgehead atoms. The first kappa shape index (κ1) is 18.9. The van der Waals surface area contributed by atoms with Gasteiger partial charge in [-0.3, -0.25) is 0 Å². The first-order valence-electron chi connectivity index (χ1n) is 7.70. The summed E-state index contributed by atoms with van der Waals surface area (Å²) in [6, 6.07) is 10.7. The first-order chi connectivity index (χ1) is 11.3. The number of halogens is 1. The highest BCUT2D eigenvalue weighted by Crippen LogP contribution is 2.17. The standard InChI is InChI=1S/C17H22ClN3O2S/c1-12(2)14-4-6-15(7-5-14)16(19)10-21-24(22,23)11-13-3-8-17(18)20-9-13/h3-9,12,16,21H,10-11,19H2,1-2H3/t16-/m0/s1. The highest BCUT2D eigenvalue weighted by molar-refractivity contribution is 7.88. The zero-order chi connectivity index (χ0) is 17.7. The Labute approximate surface area is 148 Å². The fourth-order valence-electron chi connectivity index (χ4n) is 2.22. The van der Waals surface area contributed by atoms with Gasteiger partial charge in [0.2, 0.25) is 10.0 Å². The van der Waals surface area contributed by atoms with Gasteiger partial charge in [0.1, 0.15) is 5.15 Å². The van der Waals surface area contributed by atoms with Crippen molar-refractivity contribution in [3.63, 3.8) is 0 Å². The normalized spacial score (nSPS) is 13.2. The van der Waals surface area contributed by atoms with Crippen molar-refractivity contribution in [3.05, 3.63) is 64.4 Å². The van der Waals surface area contributed by atoms with Crippen molar-refractivity contribution in [2.24, 2.45) is 5.73 Å². The fraction of sp³-hybridized carbons (Fsp3) is 0.353. The summed E-state index contributed by atoms with van der Waals surface area (Å²) >= 11 is 5.69. The van der Waals surface area contributed by atoms with Gasteiger partial charge in [0, 0.05) is 18.8 Å². The van der Waals surface area contributed by atoms with Crippen LogP contribution in [0.4, 0.5) is 0 Å². The summed E-state index contributed by atoms with van der Waals surface area (Å²) in [5.41, 5.74) is 8.78. The van der Waals surface area contributed by atoms with Gasteiger partial charge in [-0.15, -0.1) is 0 Å². The lowest BCUT2D eigenvalue weighted by molar-refractivity contribution is 0.571. The highest BCUT2D eigenvalue weighted by Gasteiger charge is 2.15. The van der Waals surface area contributed by atoms with Crippen molar-refractivity contribution in [1.29, 1.82) is 0 Å². The van der Waals surface area contributed by atoms with Crippen LogP contribution < -0.4 is 10.5 Å². The van der Waals surface area contributed by atoms with Gasteiger partial charge < -0.3 is 5.73 Å². The summed E-state index contributed by atoms with van der Waals surface area (Å²) in [7, 11) is -3.49. The smallest absolute Gasteiger partial charge is 0.215 e. The third kappa shape index (κ3) is 5.56. The Balaban J connectivity index is 1.94. The van der Waals surface area contributed by atoms with Gasteiger partial charge in [-0.2, -0.15) is 0 Å². The lowest BCUT2D eigenvalue weighted by atomic mass is 9.99. The minimum absolute atomic E-state index is 0.143. The Kier molecular flexibility index (Phi) is 6.34. The molecule has 0 radical (unpaired) electrons. The molecule has 0 aliphatic rings. The number of rotatable bonds is 7. The van der Waals surface area contributed by atoms with Gasteiger partial charge in [0.25, 0.3) is 0 Å². The molecule has 0 saturated heterocycles. The molecule has 0 aliphatic carbocycles. The van der Waals surface area contributed by atoms with Crippen LogP contribution in [0, 0.1) is 0 Å². The molecule has 0 aliphatic heterocycles. The highest BCUT2D eigenvalue weighted by atomic mass is 35.5. The molecule has 24 heavy (non-hydrogen) atoms. The van der Waals surface area contributed by atoms with Crippen LogP contribution in [0.2, 0.25) is 5.15 Å². The summed E-state index contributed by atoms with van der Waals surface area (Å²) < 4.78 is 26.8.